The Morgan fingerprint density at radius 2 is 2.05 bits per heavy atom. The third kappa shape index (κ3) is 3.28. The predicted octanol–water partition coefficient (Wildman–Crippen LogP) is 3.57. The van der Waals surface area contributed by atoms with Crippen molar-refractivity contribution >= 4 is 21.6 Å². The average Bonchev–Trinajstić information content (AvgIpc) is 2.89. The van der Waals surface area contributed by atoms with Gasteiger partial charge in [-0.25, -0.2) is 17.4 Å². The minimum atomic E-state index is -3.79. The molecule has 22 heavy (non-hydrogen) atoms. The van der Waals surface area contributed by atoms with Crippen molar-refractivity contribution in [3.05, 3.63) is 40.9 Å². The summed E-state index contributed by atoms with van der Waals surface area (Å²) >= 11 is 6.11. The van der Waals surface area contributed by atoms with Crippen LogP contribution in [0.4, 0.5) is 0 Å². The van der Waals surface area contributed by atoms with E-state index in [4.69, 9.17) is 16.3 Å². The number of unbranched alkanes of at least 4 members (excludes halogenated alkanes) is 1. The van der Waals surface area contributed by atoms with Gasteiger partial charge in [0, 0.05) is 17.4 Å². The molecule has 120 valence electrons. The van der Waals surface area contributed by atoms with Gasteiger partial charge in [0.1, 0.15) is 16.5 Å². The first kappa shape index (κ1) is 16.8. The number of aryl methyl sites for hydroxylation is 2. The van der Waals surface area contributed by atoms with E-state index in [0.29, 0.717) is 23.2 Å². The zero-order valence-corrected chi connectivity index (χ0v) is 14.4. The van der Waals surface area contributed by atoms with E-state index in [0.717, 1.165) is 22.4 Å². The molecular weight excluding hydrogens is 324 g/mol. The van der Waals surface area contributed by atoms with Crippen molar-refractivity contribution in [1.29, 1.82) is 0 Å². The van der Waals surface area contributed by atoms with Crippen LogP contribution < -0.4 is 4.74 Å². The van der Waals surface area contributed by atoms with Crippen LogP contribution in [0.5, 0.6) is 5.75 Å². The van der Waals surface area contributed by atoms with E-state index < -0.39 is 10.0 Å². The predicted molar refractivity (Wildman–Crippen MR) is 86.1 cm³/mol. The van der Waals surface area contributed by atoms with Gasteiger partial charge in [-0.2, -0.15) is 0 Å². The van der Waals surface area contributed by atoms with Gasteiger partial charge < -0.3 is 4.74 Å². The van der Waals surface area contributed by atoms with Gasteiger partial charge in [-0.1, -0.05) is 24.9 Å². The van der Waals surface area contributed by atoms with Crippen LogP contribution in [0, 0.1) is 13.8 Å². The molecule has 1 aromatic carbocycles. The normalized spacial score (nSPS) is 11.6. The van der Waals surface area contributed by atoms with Crippen molar-refractivity contribution in [3.8, 4) is 5.75 Å². The second-order valence-electron chi connectivity index (χ2n) is 5.03. The second-order valence-corrected chi connectivity index (χ2v) is 7.22. The van der Waals surface area contributed by atoms with Crippen LogP contribution in [0.1, 0.15) is 31.2 Å². The molecule has 0 N–H and O–H groups in total. The Labute approximate surface area is 135 Å². The molecule has 0 aliphatic carbocycles. The Morgan fingerprint density at radius 1 is 1.32 bits per heavy atom. The van der Waals surface area contributed by atoms with Gasteiger partial charge in [-0.15, -0.1) is 0 Å². The van der Waals surface area contributed by atoms with Crippen LogP contribution >= 0.6 is 11.6 Å². The molecule has 5 nitrogen and oxygen atoms in total. The average molecular weight is 343 g/mol. The summed E-state index contributed by atoms with van der Waals surface area (Å²) in [4.78, 5) is 4.02. The molecule has 7 heteroatoms. The maximum atomic E-state index is 12.8. The smallest absolute Gasteiger partial charge is 0.272 e. The molecule has 0 radical (unpaired) electrons. The zero-order chi connectivity index (χ0) is 16.3. The highest BCUT2D eigenvalue weighted by Gasteiger charge is 2.24. The fourth-order valence-electron chi connectivity index (χ4n) is 2.00. The lowest BCUT2D eigenvalue weighted by atomic mass is 10.2. The highest BCUT2D eigenvalue weighted by Crippen LogP contribution is 2.32. The van der Waals surface area contributed by atoms with Crippen molar-refractivity contribution in [2.75, 3.05) is 6.61 Å². The summed E-state index contributed by atoms with van der Waals surface area (Å²) in [6.45, 7) is 5.95. The molecule has 0 unspecified atom stereocenters. The van der Waals surface area contributed by atoms with E-state index >= 15 is 0 Å². The summed E-state index contributed by atoms with van der Waals surface area (Å²) in [6.07, 6.45) is 4.68. The molecule has 0 spiro atoms. The molecule has 0 saturated carbocycles. The van der Waals surface area contributed by atoms with Crippen molar-refractivity contribution < 1.29 is 13.2 Å². The topological polar surface area (TPSA) is 61.2 Å². The SMILES string of the molecule is CCCCOc1cc(C)c(Cl)cc1S(=O)(=O)n1ccnc1C. The number of hydrogen-bond donors (Lipinski definition) is 0. The highest BCUT2D eigenvalue weighted by atomic mass is 35.5. The molecule has 0 bridgehead atoms. The van der Waals surface area contributed by atoms with Crippen LogP contribution in [-0.2, 0) is 10.0 Å². The van der Waals surface area contributed by atoms with Gasteiger partial charge in [0.25, 0.3) is 10.0 Å². The lowest BCUT2D eigenvalue weighted by Crippen LogP contribution is -2.15. The minimum absolute atomic E-state index is 0.0558. The molecule has 0 saturated heterocycles. The van der Waals surface area contributed by atoms with Crippen molar-refractivity contribution in [2.45, 2.75) is 38.5 Å². The molecule has 0 aliphatic rings. The van der Waals surface area contributed by atoms with Crippen LogP contribution in [0.2, 0.25) is 5.02 Å². The van der Waals surface area contributed by atoms with Crippen LogP contribution in [0.3, 0.4) is 0 Å². The quantitative estimate of drug-likeness (QED) is 0.753. The van der Waals surface area contributed by atoms with Crippen LogP contribution in [0.25, 0.3) is 0 Å². The zero-order valence-electron chi connectivity index (χ0n) is 12.8. The first-order valence-electron chi connectivity index (χ1n) is 7.06. The number of halogens is 1. The second kappa shape index (κ2) is 6.71. The Kier molecular flexibility index (Phi) is 5.13. The van der Waals surface area contributed by atoms with Gasteiger partial charge in [0.15, 0.2) is 0 Å². The number of aromatic nitrogens is 2. The minimum Gasteiger partial charge on any atom is -0.492 e. The third-order valence-corrected chi connectivity index (χ3v) is 5.49. The summed E-state index contributed by atoms with van der Waals surface area (Å²) in [5, 5.41) is 0.388. The summed E-state index contributed by atoms with van der Waals surface area (Å²) in [6, 6.07) is 3.10. The first-order valence-corrected chi connectivity index (χ1v) is 8.88. The Morgan fingerprint density at radius 3 is 2.64 bits per heavy atom. The number of nitrogens with zero attached hydrogens (tertiary/aromatic N) is 2. The van der Waals surface area contributed by atoms with E-state index in [1.165, 1.54) is 18.5 Å². The lowest BCUT2D eigenvalue weighted by Gasteiger charge is -2.15. The molecule has 0 amide bonds. The highest BCUT2D eigenvalue weighted by molar-refractivity contribution is 7.90. The Bertz CT molecular complexity index is 769. The number of imidazole rings is 1. The maximum Gasteiger partial charge on any atom is 0.272 e. The largest absolute Gasteiger partial charge is 0.492 e. The van der Waals surface area contributed by atoms with E-state index in [-0.39, 0.29) is 4.90 Å². The summed E-state index contributed by atoms with van der Waals surface area (Å²) in [7, 11) is -3.79. The lowest BCUT2D eigenvalue weighted by molar-refractivity contribution is 0.301. The van der Waals surface area contributed by atoms with E-state index in [1.54, 1.807) is 13.0 Å². The molecule has 0 aliphatic heterocycles. The maximum absolute atomic E-state index is 12.8. The van der Waals surface area contributed by atoms with Crippen molar-refractivity contribution in [2.24, 2.45) is 0 Å². The van der Waals surface area contributed by atoms with E-state index in [2.05, 4.69) is 4.98 Å². The summed E-state index contributed by atoms with van der Waals surface area (Å²) in [5.41, 5.74) is 0.773. The number of rotatable bonds is 6. The first-order chi connectivity index (χ1) is 10.4. The summed E-state index contributed by atoms with van der Waals surface area (Å²) < 4.78 is 32.4. The van der Waals surface area contributed by atoms with Crippen LogP contribution in [0.15, 0.2) is 29.4 Å². The van der Waals surface area contributed by atoms with E-state index in [1.807, 2.05) is 13.8 Å². The summed E-state index contributed by atoms with van der Waals surface area (Å²) in [5.74, 6) is 0.708. The number of benzene rings is 1. The molecule has 1 heterocycles. The van der Waals surface area contributed by atoms with E-state index in [9.17, 15) is 8.42 Å². The monoisotopic (exact) mass is 342 g/mol. The van der Waals surface area contributed by atoms with Crippen molar-refractivity contribution in [3.63, 3.8) is 0 Å². The fourth-order valence-corrected chi connectivity index (χ4v) is 3.69. The third-order valence-electron chi connectivity index (χ3n) is 3.30. The Hall–Kier alpha value is -1.53. The standard InChI is InChI=1S/C15H19ClN2O3S/c1-4-5-8-21-14-9-11(2)13(16)10-15(14)22(19,20)18-7-6-17-12(18)3/h6-7,9-10H,4-5,8H2,1-3H3. The molecule has 1 aromatic heterocycles. The molecular formula is C15H19ClN2O3S. The molecule has 2 aromatic rings. The fraction of sp³-hybridized carbons (Fsp3) is 0.400. The van der Waals surface area contributed by atoms with Gasteiger partial charge in [0.05, 0.1) is 6.61 Å². The van der Waals surface area contributed by atoms with Gasteiger partial charge in [-0.05, 0) is 38.0 Å². The molecule has 2 rings (SSSR count). The van der Waals surface area contributed by atoms with Gasteiger partial charge >= 0.3 is 0 Å². The number of hydrogen-bond acceptors (Lipinski definition) is 4. The van der Waals surface area contributed by atoms with Crippen LogP contribution in [-0.4, -0.2) is 24.0 Å². The molecule has 0 fully saturated rings. The Balaban J connectivity index is 2.53. The van der Waals surface area contributed by atoms with Crippen molar-refractivity contribution in [1.82, 2.24) is 8.96 Å². The van der Waals surface area contributed by atoms with Gasteiger partial charge in [-0.3, -0.25) is 0 Å². The van der Waals surface area contributed by atoms with Gasteiger partial charge in [0.2, 0.25) is 0 Å². The number of ether oxygens (including phenoxy) is 1. The molecule has 0 atom stereocenters.